The second kappa shape index (κ2) is 4.83. The van der Waals surface area contributed by atoms with Gasteiger partial charge in [0.05, 0.1) is 6.42 Å². The van der Waals surface area contributed by atoms with E-state index in [1.807, 2.05) is 6.92 Å². The minimum Gasteiger partial charge on any atom is -0.481 e. The number of hydrogen-bond acceptors (Lipinski definition) is 2. The largest absolute Gasteiger partial charge is 0.481 e. The van der Waals surface area contributed by atoms with Gasteiger partial charge in [-0.3, -0.25) is 4.79 Å². The molecule has 0 spiro atoms. The number of aliphatic carboxylic acids is 1. The molecule has 5 nitrogen and oxygen atoms in total. The van der Waals surface area contributed by atoms with Crippen LogP contribution in [0.15, 0.2) is 0 Å². The van der Waals surface area contributed by atoms with E-state index in [1.165, 1.54) is 0 Å². The van der Waals surface area contributed by atoms with Crippen LogP contribution in [0.3, 0.4) is 0 Å². The van der Waals surface area contributed by atoms with Crippen molar-refractivity contribution in [3.05, 3.63) is 0 Å². The average molecular weight is 200 g/mol. The number of hydrogen-bond donors (Lipinski definition) is 1. The SMILES string of the molecule is CCN1CCCN(CCC(=O)O)C1=O. The molecule has 0 radical (unpaired) electrons. The fraction of sp³-hybridized carbons (Fsp3) is 0.778. The number of nitrogens with zero attached hydrogens (tertiary/aromatic N) is 2. The van der Waals surface area contributed by atoms with Gasteiger partial charge in [0.1, 0.15) is 0 Å². The molecule has 1 saturated heterocycles. The third-order valence-corrected chi connectivity index (χ3v) is 2.37. The van der Waals surface area contributed by atoms with Crippen LogP contribution in [-0.4, -0.2) is 53.1 Å². The molecule has 1 rings (SSSR count). The van der Waals surface area contributed by atoms with Crippen LogP contribution in [0.5, 0.6) is 0 Å². The summed E-state index contributed by atoms with van der Waals surface area (Å²) in [5.41, 5.74) is 0. The molecule has 1 heterocycles. The van der Waals surface area contributed by atoms with Crippen molar-refractivity contribution in [2.75, 3.05) is 26.2 Å². The number of carbonyl (C=O) groups is 2. The molecule has 1 aliphatic heterocycles. The maximum atomic E-state index is 11.6. The molecule has 1 aliphatic rings. The lowest BCUT2D eigenvalue weighted by atomic mass is 10.2. The van der Waals surface area contributed by atoms with E-state index in [0.29, 0.717) is 19.6 Å². The van der Waals surface area contributed by atoms with Crippen molar-refractivity contribution in [2.24, 2.45) is 0 Å². The smallest absolute Gasteiger partial charge is 0.320 e. The van der Waals surface area contributed by atoms with Gasteiger partial charge < -0.3 is 14.9 Å². The Hall–Kier alpha value is -1.26. The highest BCUT2D eigenvalue weighted by Crippen LogP contribution is 2.08. The highest BCUT2D eigenvalue weighted by atomic mass is 16.4. The van der Waals surface area contributed by atoms with Crippen LogP contribution < -0.4 is 0 Å². The Bertz CT molecular complexity index is 230. The first-order valence-corrected chi connectivity index (χ1v) is 4.90. The maximum absolute atomic E-state index is 11.6. The van der Waals surface area contributed by atoms with Gasteiger partial charge in [-0.15, -0.1) is 0 Å². The predicted octanol–water partition coefficient (Wildman–Crippen LogP) is 0.609. The van der Waals surface area contributed by atoms with Gasteiger partial charge in [0, 0.05) is 26.2 Å². The first-order chi connectivity index (χ1) is 6.65. The highest BCUT2D eigenvalue weighted by Gasteiger charge is 2.24. The van der Waals surface area contributed by atoms with Crippen LogP contribution in [0.4, 0.5) is 4.79 Å². The van der Waals surface area contributed by atoms with Crippen LogP contribution in [-0.2, 0) is 4.79 Å². The molecular weight excluding hydrogens is 184 g/mol. The van der Waals surface area contributed by atoms with E-state index < -0.39 is 5.97 Å². The van der Waals surface area contributed by atoms with Crippen LogP contribution >= 0.6 is 0 Å². The Morgan fingerprint density at radius 1 is 1.43 bits per heavy atom. The van der Waals surface area contributed by atoms with Crippen molar-refractivity contribution in [1.29, 1.82) is 0 Å². The molecule has 0 aromatic heterocycles. The summed E-state index contributed by atoms with van der Waals surface area (Å²) in [6, 6.07) is -0.0278. The molecule has 2 amide bonds. The van der Waals surface area contributed by atoms with Gasteiger partial charge in [-0.2, -0.15) is 0 Å². The molecule has 80 valence electrons. The van der Waals surface area contributed by atoms with Gasteiger partial charge in [-0.1, -0.05) is 0 Å². The van der Waals surface area contributed by atoms with Crippen molar-refractivity contribution in [3.63, 3.8) is 0 Å². The molecule has 0 unspecified atom stereocenters. The minimum atomic E-state index is -0.855. The summed E-state index contributed by atoms with van der Waals surface area (Å²) >= 11 is 0. The molecule has 14 heavy (non-hydrogen) atoms. The lowest BCUT2D eigenvalue weighted by Crippen LogP contribution is -2.49. The molecular formula is C9H16N2O3. The number of urea groups is 1. The van der Waals surface area contributed by atoms with Gasteiger partial charge in [0.2, 0.25) is 0 Å². The monoisotopic (exact) mass is 200 g/mol. The van der Waals surface area contributed by atoms with E-state index in [9.17, 15) is 9.59 Å². The molecule has 0 aromatic rings. The molecule has 1 fully saturated rings. The first kappa shape index (κ1) is 10.8. The van der Waals surface area contributed by atoms with Gasteiger partial charge >= 0.3 is 12.0 Å². The zero-order valence-corrected chi connectivity index (χ0v) is 8.40. The van der Waals surface area contributed by atoms with Crippen molar-refractivity contribution >= 4 is 12.0 Å². The Kier molecular flexibility index (Phi) is 3.73. The molecule has 0 atom stereocenters. The Morgan fingerprint density at radius 3 is 2.64 bits per heavy atom. The van der Waals surface area contributed by atoms with Crippen LogP contribution in [0.25, 0.3) is 0 Å². The van der Waals surface area contributed by atoms with Gasteiger partial charge in [0.15, 0.2) is 0 Å². The summed E-state index contributed by atoms with van der Waals surface area (Å²) < 4.78 is 0. The van der Waals surface area contributed by atoms with Crippen LogP contribution in [0.2, 0.25) is 0 Å². The fourth-order valence-electron chi connectivity index (χ4n) is 1.58. The van der Waals surface area contributed by atoms with Crippen LogP contribution in [0.1, 0.15) is 19.8 Å². The summed E-state index contributed by atoms with van der Waals surface area (Å²) in [5, 5.41) is 8.50. The van der Waals surface area contributed by atoms with Crippen LogP contribution in [0, 0.1) is 0 Å². The molecule has 0 aromatic carbocycles. The fourth-order valence-corrected chi connectivity index (χ4v) is 1.58. The molecule has 1 N–H and O–H groups in total. The lowest BCUT2D eigenvalue weighted by molar-refractivity contribution is -0.137. The van der Waals surface area contributed by atoms with E-state index in [0.717, 1.165) is 13.0 Å². The Labute approximate surface area is 83.3 Å². The summed E-state index contributed by atoms with van der Waals surface area (Å²) in [6.07, 6.45) is 0.961. The number of carbonyl (C=O) groups excluding carboxylic acids is 1. The van der Waals surface area contributed by atoms with E-state index in [4.69, 9.17) is 5.11 Å². The minimum absolute atomic E-state index is 0.0278. The standard InChI is InChI=1S/C9H16N2O3/c1-2-10-5-3-6-11(9(10)14)7-4-8(12)13/h2-7H2,1H3,(H,12,13). The van der Waals surface area contributed by atoms with Crippen molar-refractivity contribution in [1.82, 2.24) is 9.80 Å². The van der Waals surface area contributed by atoms with E-state index in [1.54, 1.807) is 9.80 Å². The van der Waals surface area contributed by atoms with Gasteiger partial charge in [0.25, 0.3) is 0 Å². The Balaban J connectivity index is 2.43. The number of carboxylic acid groups (broad SMARTS) is 1. The topological polar surface area (TPSA) is 60.9 Å². The summed E-state index contributed by atoms with van der Waals surface area (Å²) in [7, 11) is 0. The quantitative estimate of drug-likeness (QED) is 0.723. The van der Waals surface area contributed by atoms with Crippen molar-refractivity contribution in [2.45, 2.75) is 19.8 Å². The van der Waals surface area contributed by atoms with Gasteiger partial charge in [-0.25, -0.2) is 4.79 Å². The number of amides is 2. The first-order valence-electron chi connectivity index (χ1n) is 4.90. The van der Waals surface area contributed by atoms with Gasteiger partial charge in [-0.05, 0) is 13.3 Å². The molecule has 0 saturated carbocycles. The van der Waals surface area contributed by atoms with Crippen molar-refractivity contribution in [3.8, 4) is 0 Å². The Morgan fingerprint density at radius 2 is 2.07 bits per heavy atom. The number of carboxylic acids is 1. The summed E-state index contributed by atoms with van der Waals surface area (Å²) in [4.78, 5) is 25.3. The normalized spacial score (nSPS) is 17.4. The molecule has 0 aliphatic carbocycles. The lowest BCUT2D eigenvalue weighted by Gasteiger charge is -2.34. The zero-order valence-electron chi connectivity index (χ0n) is 8.40. The second-order valence-electron chi connectivity index (χ2n) is 3.35. The predicted molar refractivity (Wildman–Crippen MR) is 51.1 cm³/mol. The molecule has 5 heteroatoms. The van der Waals surface area contributed by atoms with E-state index in [-0.39, 0.29) is 12.5 Å². The average Bonchev–Trinajstić information content (AvgIpc) is 2.16. The zero-order chi connectivity index (χ0) is 10.6. The van der Waals surface area contributed by atoms with E-state index >= 15 is 0 Å². The maximum Gasteiger partial charge on any atom is 0.320 e. The highest BCUT2D eigenvalue weighted by molar-refractivity contribution is 5.76. The number of rotatable bonds is 4. The van der Waals surface area contributed by atoms with Crippen molar-refractivity contribution < 1.29 is 14.7 Å². The second-order valence-corrected chi connectivity index (χ2v) is 3.35. The molecule has 0 bridgehead atoms. The van der Waals surface area contributed by atoms with E-state index in [2.05, 4.69) is 0 Å². The summed E-state index contributed by atoms with van der Waals surface area (Å²) in [6.45, 7) is 4.42. The third kappa shape index (κ3) is 2.61. The third-order valence-electron chi connectivity index (χ3n) is 2.37. The summed E-state index contributed by atoms with van der Waals surface area (Å²) in [5.74, 6) is -0.855.